The largest absolute Gasteiger partial charge is 0.113 e. The molecule has 0 aromatic heterocycles. The maximum Gasteiger partial charge on any atom is 0.0464 e. The zero-order valence-electron chi connectivity index (χ0n) is 21.2. The maximum absolute atomic E-state index is 2.38. The molecule has 38 heavy (non-hydrogen) atoms. The lowest BCUT2D eigenvalue weighted by Gasteiger charge is -2.27. The van der Waals surface area contributed by atoms with Gasteiger partial charge >= 0.3 is 0 Å². The molecule has 1 aliphatic carbocycles. The smallest absolute Gasteiger partial charge is 0.0464 e. The van der Waals surface area contributed by atoms with E-state index in [9.17, 15) is 0 Å². The van der Waals surface area contributed by atoms with Crippen LogP contribution in [0, 0.1) is 0 Å². The van der Waals surface area contributed by atoms with Crippen molar-refractivity contribution in [1.29, 1.82) is 0 Å². The second kappa shape index (κ2) is 8.21. The zero-order valence-corrected chi connectivity index (χ0v) is 22.0. The molecule has 2 aliphatic rings. The summed E-state index contributed by atoms with van der Waals surface area (Å²) in [7, 11) is 0. The standard InChI is InChI=1S/C37H26S/c1-37-22-9-8-19-33(37)31-17-10-18-32(36(31)38-37)35-29-15-6-4-13-27(29)34(28-14-5-7-16-30(28)35)26-21-20-24-11-2-3-12-25(24)23-26/h2-23,33H,1H3/t33?,37-/m1/s1. The van der Waals surface area contributed by atoms with Crippen LogP contribution in [0.5, 0.6) is 0 Å². The van der Waals surface area contributed by atoms with Crippen molar-refractivity contribution >= 4 is 44.1 Å². The Bertz CT molecular complexity index is 1920. The van der Waals surface area contributed by atoms with Gasteiger partial charge in [-0.15, -0.1) is 11.8 Å². The van der Waals surface area contributed by atoms with E-state index in [0.717, 1.165) is 0 Å². The molecule has 8 rings (SSSR count). The van der Waals surface area contributed by atoms with Crippen molar-refractivity contribution in [2.24, 2.45) is 0 Å². The van der Waals surface area contributed by atoms with Crippen molar-refractivity contribution in [3.05, 3.63) is 139 Å². The number of fused-ring (bicyclic) bond motifs is 6. The van der Waals surface area contributed by atoms with Crippen LogP contribution in [0.3, 0.4) is 0 Å². The summed E-state index contributed by atoms with van der Waals surface area (Å²) >= 11 is 2.02. The van der Waals surface area contributed by atoms with E-state index in [4.69, 9.17) is 0 Å². The van der Waals surface area contributed by atoms with Crippen molar-refractivity contribution in [2.75, 3.05) is 0 Å². The van der Waals surface area contributed by atoms with Crippen LogP contribution in [0.15, 0.2) is 138 Å². The minimum atomic E-state index is 0.0594. The van der Waals surface area contributed by atoms with Gasteiger partial charge in [0.25, 0.3) is 0 Å². The summed E-state index contributed by atoms with van der Waals surface area (Å²) in [6.07, 6.45) is 9.17. The molecule has 1 heterocycles. The van der Waals surface area contributed by atoms with Crippen LogP contribution in [-0.2, 0) is 0 Å². The van der Waals surface area contributed by atoms with Crippen molar-refractivity contribution in [3.8, 4) is 22.3 Å². The molecule has 0 saturated carbocycles. The predicted octanol–water partition coefficient (Wildman–Crippen LogP) is 10.6. The third-order valence-electron chi connectivity index (χ3n) is 8.40. The van der Waals surface area contributed by atoms with Gasteiger partial charge in [-0.1, -0.05) is 127 Å². The Hall–Kier alpha value is -4.07. The summed E-state index contributed by atoms with van der Waals surface area (Å²) < 4.78 is 0.0594. The highest BCUT2D eigenvalue weighted by Crippen LogP contribution is 2.59. The first kappa shape index (κ1) is 22.0. The topological polar surface area (TPSA) is 0 Å². The predicted molar refractivity (Wildman–Crippen MR) is 165 cm³/mol. The minimum Gasteiger partial charge on any atom is -0.113 e. The summed E-state index contributed by atoms with van der Waals surface area (Å²) in [6.45, 7) is 2.38. The lowest BCUT2D eigenvalue weighted by atomic mass is 9.81. The van der Waals surface area contributed by atoms with Crippen LogP contribution in [0.2, 0.25) is 0 Å². The van der Waals surface area contributed by atoms with E-state index < -0.39 is 0 Å². The Kier molecular flexibility index (Phi) is 4.75. The van der Waals surface area contributed by atoms with Gasteiger partial charge in [-0.05, 0) is 73.1 Å². The summed E-state index contributed by atoms with van der Waals surface area (Å²) in [5.74, 6) is 0.404. The van der Waals surface area contributed by atoms with Crippen LogP contribution >= 0.6 is 11.8 Å². The normalized spacial score (nSPS) is 19.8. The molecule has 1 heteroatoms. The van der Waals surface area contributed by atoms with Crippen LogP contribution in [0.1, 0.15) is 18.4 Å². The average molecular weight is 503 g/mol. The van der Waals surface area contributed by atoms with Gasteiger partial charge in [0.15, 0.2) is 0 Å². The third kappa shape index (κ3) is 3.12. The van der Waals surface area contributed by atoms with Gasteiger partial charge in [-0.2, -0.15) is 0 Å². The molecule has 6 aromatic carbocycles. The Morgan fingerprint density at radius 1 is 0.605 bits per heavy atom. The molecule has 6 aromatic rings. The van der Waals surface area contributed by atoms with Crippen LogP contribution in [0.25, 0.3) is 54.6 Å². The van der Waals surface area contributed by atoms with Gasteiger partial charge in [-0.3, -0.25) is 0 Å². The number of benzene rings is 6. The van der Waals surface area contributed by atoms with E-state index >= 15 is 0 Å². The second-order valence-corrected chi connectivity index (χ2v) is 12.1. The van der Waals surface area contributed by atoms with E-state index in [1.165, 1.54) is 65.0 Å². The highest BCUT2D eigenvalue weighted by molar-refractivity contribution is 8.01. The molecule has 180 valence electrons. The molecule has 1 aliphatic heterocycles. The Morgan fingerprint density at radius 3 is 2.00 bits per heavy atom. The monoisotopic (exact) mass is 502 g/mol. The number of allylic oxidation sites excluding steroid dienone is 3. The van der Waals surface area contributed by atoms with E-state index in [0.29, 0.717) is 5.92 Å². The second-order valence-electron chi connectivity index (χ2n) is 10.6. The van der Waals surface area contributed by atoms with Gasteiger partial charge in [0.1, 0.15) is 0 Å². The van der Waals surface area contributed by atoms with Crippen molar-refractivity contribution in [3.63, 3.8) is 0 Å². The average Bonchev–Trinajstić information content (AvgIpc) is 3.28. The minimum absolute atomic E-state index is 0.0594. The van der Waals surface area contributed by atoms with E-state index in [1.54, 1.807) is 0 Å². The molecule has 1 unspecified atom stereocenters. The highest BCUT2D eigenvalue weighted by atomic mass is 32.2. The summed E-state index contributed by atoms with van der Waals surface area (Å²) in [6, 6.07) is 40.4. The van der Waals surface area contributed by atoms with Crippen molar-refractivity contribution in [2.45, 2.75) is 22.5 Å². The Balaban J connectivity index is 1.46. The fraction of sp³-hybridized carbons (Fsp3) is 0.0811. The lowest BCUT2D eigenvalue weighted by molar-refractivity contribution is 0.702. The van der Waals surface area contributed by atoms with Gasteiger partial charge in [0, 0.05) is 15.6 Å². The van der Waals surface area contributed by atoms with Gasteiger partial charge in [-0.25, -0.2) is 0 Å². The maximum atomic E-state index is 2.38. The third-order valence-corrected chi connectivity index (χ3v) is 9.89. The molecule has 0 saturated heterocycles. The number of hydrogen-bond acceptors (Lipinski definition) is 1. The first-order valence-electron chi connectivity index (χ1n) is 13.3. The molecule has 0 amide bonds. The fourth-order valence-electron chi connectivity index (χ4n) is 6.63. The quantitative estimate of drug-likeness (QED) is 0.212. The lowest BCUT2D eigenvalue weighted by Crippen LogP contribution is -2.22. The molecule has 2 atom stereocenters. The molecule has 0 fully saturated rings. The van der Waals surface area contributed by atoms with Gasteiger partial charge in [0.2, 0.25) is 0 Å². The molecule has 0 spiro atoms. The zero-order chi connectivity index (χ0) is 25.3. The van der Waals surface area contributed by atoms with E-state index in [1.807, 2.05) is 11.8 Å². The first-order chi connectivity index (χ1) is 18.7. The molecule has 0 bridgehead atoms. The SMILES string of the molecule is C[C@@]12C=CC=CC1c1cccc(-c3c4ccccc4c(-c4ccc5ccccc5c4)c4ccccc34)c1S2. The van der Waals surface area contributed by atoms with E-state index in [2.05, 4.69) is 140 Å². The molecule has 0 nitrogen and oxygen atoms in total. The van der Waals surface area contributed by atoms with Crippen LogP contribution in [-0.4, -0.2) is 4.75 Å². The molecular weight excluding hydrogens is 476 g/mol. The Labute approximate surface area is 227 Å². The van der Waals surface area contributed by atoms with Gasteiger partial charge in [0.05, 0.1) is 0 Å². The van der Waals surface area contributed by atoms with Crippen molar-refractivity contribution in [1.82, 2.24) is 0 Å². The molecule has 0 radical (unpaired) electrons. The van der Waals surface area contributed by atoms with Crippen LogP contribution < -0.4 is 0 Å². The number of thioether (sulfide) groups is 1. The van der Waals surface area contributed by atoms with E-state index in [-0.39, 0.29) is 4.75 Å². The first-order valence-corrected chi connectivity index (χ1v) is 14.1. The van der Waals surface area contributed by atoms with Crippen molar-refractivity contribution < 1.29 is 0 Å². The summed E-state index contributed by atoms with van der Waals surface area (Å²) in [5, 5.41) is 7.79. The fourth-order valence-corrected chi connectivity index (χ4v) is 8.14. The van der Waals surface area contributed by atoms with Crippen LogP contribution in [0.4, 0.5) is 0 Å². The highest BCUT2D eigenvalue weighted by Gasteiger charge is 2.42. The number of hydrogen-bond donors (Lipinski definition) is 0. The summed E-state index contributed by atoms with van der Waals surface area (Å²) in [4.78, 5) is 1.42. The van der Waals surface area contributed by atoms with Gasteiger partial charge < -0.3 is 0 Å². The Morgan fingerprint density at radius 2 is 1.26 bits per heavy atom. The number of rotatable bonds is 2. The summed E-state index contributed by atoms with van der Waals surface area (Å²) in [5.41, 5.74) is 6.73. The molecular formula is C37H26S. The molecule has 0 N–H and O–H groups in total.